The zero-order chi connectivity index (χ0) is 19.1. The first-order valence-corrected chi connectivity index (χ1v) is 9.52. The maximum Gasteiger partial charge on any atom is 0.191 e. The van der Waals surface area contributed by atoms with E-state index >= 15 is 0 Å². The third kappa shape index (κ3) is 5.18. The number of para-hydroxylation sites is 1. The second kappa shape index (κ2) is 9.35. The van der Waals surface area contributed by atoms with Crippen molar-refractivity contribution >= 4 is 40.8 Å². The molecule has 0 atom stereocenters. The molecule has 3 aromatic rings. The van der Waals surface area contributed by atoms with Crippen LogP contribution >= 0.6 is 23.8 Å². The standard InChI is InChI=1S/C21H21ClN4S/c1-2-16-8-4-6-12-20(16)24-21(27)25-23-14-18-10-7-13-26(18)15-17-9-3-5-11-19(17)22/h3-14H,2,15H2,1H3,(H2,24,25,27). The number of hydrogen-bond acceptors (Lipinski definition) is 2. The molecular formula is C21H21ClN4S. The summed E-state index contributed by atoms with van der Waals surface area (Å²) in [6.07, 6.45) is 4.68. The first-order chi connectivity index (χ1) is 13.2. The summed E-state index contributed by atoms with van der Waals surface area (Å²) in [7, 11) is 0. The van der Waals surface area contributed by atoms with E-state index in [-0.39, 0.29) is 0 Å². The molecule has 0 aliphatic heterocycles. The molecule has 0 amide bonds. The van der Waals surface area contributed by atoms with Crippen molar-refractivity contribution in [3.8, 4) is 0 Å². The predicted octanol–water partition coefficient (Wildman–Crippen LogP) is 5.07. The van der Waals surface area contributed by atoms with Crippen molar-refractivity contribution in [2.24, 2.45) is 5.10 Å². The van der Waals surface area contributed by atoms with Gasteiger partial charge in [0.2, 0.25) is 0 Å². The van der Waals surface area contributed by atoms with E-state index in [0.29, 0.717) is 11.7 Å². The fourth-order valence-corrected chi connectivity index (χ4v) is 3.11. The summed E-state index contributed by atoms with van der Waals surface area (Å²) < 4.78 is 2.08. The highest BCUT2D eigenvalue weighted by Gasteiger charge is 2.04. The molecule has 0 aliphatic rings. The van der Waals surface area contributed by atoms with E-state index in [4.69, 9.17) is 23.8 Å². The second-order valence-corrected chi connectivity index (χ2v) is 6.80. The van der Waals surface area contributed by atoms with Crippen LogP contribution in [0.3, 0.4) is 0 Å². The van der Waals surface area contributed by atoms with Gasteiger partial charge in [-0.25, -0.2) is 0 Å². The summed E-state index contributed by atoms with van der Waals surface area (Å²) in [6, 6.07) is 19.9. The lowest BCUT2D eigenvalue weighted by Crippen LogP contribution is -2.24. The van der Waals surface area contributed by atoms with Crippen molar-refractivity contribution in [2.75, 3.05) is 5.32 Å². The van der Waals surface area contributed by atoms with Crippen LogP contribution in [0.15, 0.2) is 72.0 Å². The first kappa shape index (κ1) is 19.1. The molecule has 3 rings (SSSR count). The molecule has 138 valence electrons. The van der Waals surface area contributed by atoms with Gasteiger partial charge in [-0.3, -0.25) is 5.43 Å². The number of anilines is 1. The van der Waals surface area contributed by atoms with E-state index < -0.39 is 0 Å². The summed E-state index contributed by atoms with van der Waals surface area (Å²) in [5, 5.41) is 8.65. The highest BCUT2D eigenvalue weighted by atomic mass is 35.5. The van der Waals surface area contributed by atoms with Gasteiger partial charge in [-0.15, -0.1) is 0 Å². The number of hydrogen-bond donors (Lipinski definition) is 2. The van der Waals surface area contributed by atoms with Crippen LogP contribution in [-0.4, -0.2) is 15.9 Å². The molecule has 2 N–H and O–H groups in total. The zero-order valence-corrected chi connectivity index (χ0v) is 16.6. The van der Waals surface area contributed by atoms with E-state index in [1.807, 2.05) is 60.8 Å². The van der Waals surface area contributed by atoms with E-state index in [2.05, 4.69) is 33.4 Å². The SMILES string of the molecule is CCc1ccccc1NC(=S)NN=Cc1cccn1Cc1ccccc1Cl. The number of aromatic nitrogens is 1. The molecule has 0 unspecified atom stereocenters. The molecule has 0 aliphatic carbocycles. The molecule has 6 heteroatoms. The highest BCUT2D eigenvalue weighted by Crippen LogP contribution is 2.17. The maximum atomic E-state index is 6.26. The Morgan fingerprint density at radius 2 is 1.81 bits per heavy atom. The number of aryl methyl sites for hydroxylation is 1. The van der Waals surface area contributed by atoms with Crippen molar-refractivity contribution in [2.45, 2.75) is 19.9 Å². The van der Waals surface area contributed by atoms with Gasteiger partial charge in [0.25, 0.3) is 0 Å². The Kier molecular flexibility index (Phi) is 6.63. The maximum absolute atomic E-state index is 6.26. The molecule has 1 aromatic heterocycles. The topological polar surface area (TPSA) is 41.4 Å². The van der Waals surface area contributed by atoms with Crippen LogP contribution in [0.4, 0.5) is 5.69 Å². The van der Waals surface area contributed by atoms with Crippen LogP contribution < -0.4 is 10.7 Å². The monoisotopic (exact) mass is 396 g/mol. The van der Waals surface area contributed by atoms with E-state index in [0.717, 1.165) is 28.4 Å². The lowest BCUT2D eigenvalue weighted by Gasteiger charge is -2.11. The number of rotatable bonds is 6. The van der Waals surface area contributed by atoms with Crippen LogP contribution in [0.2, 0.25) is 5.02 Å². The van der Waals surface area contributed by atoms with Gasteiger partial charge in [0.15, 0.2) is 5.11 Å². The van der Waals surface area contributed by atoms with Crippen molar-refractivity contribution in [1.29, 1.82) is 0 Å². The van der Waals surface area contributed by atoms with Gasteiger partial charge in [-0.2, -0.15) is 5.10 Å². The van der Waals surface area contributed by atoms with E-state index in [1.54, 1.807) is 6.21 Å². The Balaban J connectivity index is 1.61. The smallest absolute Gasteiger partial charge is 0.191 e. The van der Waals surface area contributed by atoms with Crippen LogP contribution in [0.25, 0.3) is 0 Å². The van der Waals surface area contributed by atoms with Gasteiger partial charge >= 0.3 is 0 Å². The van der Waals surface area contributed by atoms with Crippen molar-refractivity contribution in [3.05, 3.63) is 88.7 Å². The summed E-state index contributed by atoms with van der Waals surface area (Å²) in [5.74, 6) is 0. The quantitative estimate of drug-likeness (QED) is 0.347. The average molecular weight is 397 g/mol. The minimum atomic E-state index is 0.455. The number of benzene rings is 2. The molecule has 0 spiro atoms. The van der Waals surface area contributed by atoms with Gasteiger partial charge in [-0.05, 0) is 54.0 Å². The van der Waals surface area contributed by atoms with Crippen molar-refractivity contribution in [1.82, 2.24) is 9.99 Å². The van der Waals surface area contributed by atoms with Crippen molar-refractivity contribution < 1.29 is 0 Å². The highest BCUT2D eigenvalue weighted by molar-refractivity contribution is 7.80. The molecule has 0 saturated heterocycles. The largest absolute Gasteiger partial charge is 0.342 e. The molecule has 1 heterocycles. The van der Waals surface area contributed by atoms with E-state index in [9.17, 15) is 0 Å². The molecule has 27 heavy (non-hydrogen) atoms. The molecule has 0 bridgehead atoms. The molecular weight excluding hydrogens is 376 g/mol. The minimum absolute atomic E-state index is 0.455. The molecule has 0 radical (unpaired) electrons. The lowest BCUT2D eigenvalue weighted by molar-refractivity contribution is 0.799. The number of halogens is 1. The van der Waals surface area contributed by atoms with Crippen LogP contribution in [0, 0.1) is 0 Å². The Bertz CT molecular complexity index is 949. The Hall–Kier alpha value is -2.63. The van der Waals surface area contributed by atoms with Crippen LogP contribution in [0.1, 0.15) is 23.7 Å². The van der Waals surface area contributed by atoms with E-state index in [1.165, 1.54) is 5.56 Å². The summed E-state index contributed by atoms with van der Waals surface area (Å²) in [4.78, 5) is 0. The normalized spacial score (nSPS) is 10.9. The number of nitrogens with one attached hydrogen (secondary N) is 2. The summed E-state index contributed by atoms with van der Waals surface area (Å²) in [5.41, 5.74) is 7.10. The van der Waals surface area contributed by atoms with Gasteiger partial charge in [0, 0.05) is 23.5 Å². The number of hydrazone groups is 1. The van der Waals surface area contributed by atoms with Crippen molar-refractivity contribution in [3.63, 3.8) is 0 Å². The first-order valence-electron chi connectivity index (χ1n) is 8.74. The number of nitrogens with zero attached hydrogens (tertiary/aromatic N) is 2. The zero-order valence-electron chi connectivity index (χ0n) is 15.0. The average Bonchev–Trinajstić information content (AvgIpc) is 3.11. The van der Waals surface area contributed by atoms with Gasteiger partial charge in [-0.1, -0.05) is 54.9 Å². The Labute approximate surface area is 169 Å². The Morgan fingerprint density at radius 3 is 2.59 bits per heavy atom. The van der Waals surface area contributed by atoms with Crippen LogP contribution in [0.5, 0.6) is 0 Å². The number of thiocarbonyl (C=S) groups is 1. The predicted molar refractivity (Wildman–Crippen MR) is 118 cm³/mol. The molecule has 4 nitrogen and oxygen atoms in total. The second-order valence-electron chi connectivity index (χ2n) is 5.99. The fourth-order valence-electron chi connectivity index (χ4n) is 2.76. The molecule has 0 saturated carbocycles. The molecule has 2 aromatic carbocycles. The summed E-state index contributed by atoms with van der Waals surface area (Å²) >= 11 is 11.6. The minimum Gasteiger partial charge on any atom is -0.342 e. The van der Waals surface area contributed by atoms with Crippen LogP contribution in [-0.2, 0) is 13.0 Å². The fraction of sp³-hybridized carbons (Fsp3) is 0.143. The van der Waals surface area contributed by atoms with Gasteiger partial charge < -0.3 is 9.88 Å². The summed E-state index contributed by atoms with van der Waals surface area (Å²) in [6.45, 7) is 2.79. The van der Waals surface area contributed by atoms with Gasteiger partial charge in [0.1, 0.15) is 0 Å². The van der Waals surface area contributed by atoms with Gasteiger partial charge in [0.05, 0.1) is 11.9 Å². The Morgan fingerprint density at radius 1 is 1.07 bits per heavy atom. The molecule has 0 fully saturated rings. The third-order valence-electron chi connectivity index (χ3n) is 4.17. The third-order valence-corrected chi connectivity index (χ3v) is 4.73. The lowest BCUT2D eigenvalue weighted by atomic mass is 10.1.